The first kappa shape index (κ1) is 13.8. The van der Waals surface area contributed by atoms with Crippen LogP contribution in [-0.2, 0) is 0 Å². The lowest BCUT2D eigenvalue weighted by molar-refractivity contribution is -0.385. The highest BCUT2D eigenvalue weighted by Gasteiger charge is 2.14. The summed E-state index contributed by atoms with van der Waals surface area (Å²) in [6.45, 7) is 1.90. The van der Waals surface area contributed by atoms with E-state index in [2.05, 4.69) is 5.32 Å². The van der Waals surface area contributed by atoms with Gasteiger partial charge in [-0.15, -0.1) is 0 Å². The van der Waals surface area contributed by atoms with Gasteiger partial charge in [0.1, 0.15) is 11.6 Å². The average Bonchev–Trinajstić information content (AvgIpc) is 2.42. The van der Waals surface area contributed by atoms with Gasteiger partial charge in [0.25, 0.3) is 5.69 Å². The lowest BCUT2D eigenvalue weighted by Crippen LogP contribution is -1.97. The molecule has 0 bridgehead atoms. The number of nitrogens with zero attached hydrogens (tertiary/aromatic N) is 2. The fraction of sp³-hybridized carbons (Fsp3) is 0.0714. The molecule has 1 N–H and O–H groups in total. The Morgan fingerprint density at radius 3 is 2.70 bits per heavy atom. The molecule has 0 unspecified atom stereocenters. The molecule has 0 aliphatic rings. The van der Waals surface area contributed by atoms with E-state index in [1.54, 1.807) is 24.3 Å². The molecule has 2 aromatic carbocycles. The molecular weight excluding hydrogens is 278 g/mol. The molecule has 2 rings (SSSR count). The van der Waals surface area contributed by atoms with Crippen molar-refractivity contribution in [3.63, 3.8) is 0 Å². The zero-order valence-corrected chi connectivity index (χ0v) is 11.3. The van der Waals surface area contributed by atoms with Crippen LogP contribution in [0.2, 0.25) is 5.02 Å². The molecule has 0 heterocycles. The van der Waals surface area contributed by atoms with Crippen LogP contribution in [0.5, 0.6) is 0 Å². The van der Waals surface area contributed by atoms with E-state index in [1.807, 2.05) is 13.0 Å². The third kappa shape index (κ3) is 2.87. The van der Waals surface area contributed by atoms with Crippen LogP contribution in [0, 0.1) is 28.4 Å². The van der Waals surface area contributed by atoms with Crippen LogP contribution >= 0.6 is 11.6 Å². The maximum atomic E-state index is 10.9. The number of halogens is 1. The highest BCUT2D eigenvalue weighted by Crippen LogP contribution is 2.28. The fourth-order valence-corrected chi connectivity index (χ4v) is 1.91. The van der Waals surface area contributed by atoms with Gasteiger partial charge in [0.2, 0.25) is 0 Å². The van der Waals surface area contributed by atoms with Crippen molar-refractivity contribution in [1.29, 1.82) is 5.26 Å². The predicted molar refractivity (Wildman–Crippen MR) is 77.3 cm³/mol. The normalized spacial score (nSPS) is 9.85. The molecule has 0 saturated carbocycles. The zero-order valence-electron chi connectivity index (χ0n) is 10.6. The smallest absolute Gasteiger partial charge is 0.289 e. The Bertz CT molecular complexity index is 723. The predicted octanol–water partition coefficient (Wildman–Crippen LogP) is 4.17. The molecule has 0 amide bonds. The third-order valence-corrected chi connectivity index (χ3v) is 3.03. The van der Waals surface area contributed by atoms with Crippen LogP contribution in [0.25, 0.3) is 0 Å². The van der Waals surface area contributed by atoms with Crippen molar-refractivity contribution in [2.75, 3.05) is 5.32 Å². The van der Waals surface area contributed by atoms with Crippen LogP contribution in [0.4, 0.5) is 17.1 Å². The first-order chi connectivity index (χ1) is 9.51. The van der Waals surface area contributed by atoms with Crippen molar-refractivity contribution in [3.05, 3.63) is 62.7 Å². The number of hydrogen-bond donors (Lipinski definition) is 1. The molecule has 0 aliphatic carbocycles. The van der Waals surface area contributed by atoms with E-state index in [0.717, 1.165) is 11.3 Å². The summed E-state index contributed by atoms with van der Waals surface area (Å²) in [6.07, 6.45) is 0. The average molecular weight is 288 g/mol. The number of hydrogen-bond acceptors (Lipinski definition) is 4. The standard InChI is InChI=1S/C14H10ClN3O2/c1-9-2-4-11(15)6-13(9)17-12-5-3-10(8-16)14(7-12)18(19)20/h2-7,17H,1H3. The number of nitrogens with one attached hydrogen (secondary N) is 1. The molecule has 0 spiro atoms. The summed E-state index contributed by atoms with van der Waals surface area (Å²) in [7, 11) is 0. The van der Waals surface area contributed by atoms with Crippen LogP contribution < -0.4 is 5.32 Å². The summed E-state index contributed by atoms with van der Waals surface area (Å²) in [4.78, 5) is 10.3. The molecule has 0 radical (unpaired) electrons. The summed E-state index contributed by atoms with van der Waals surface area (Å²) in [5.41, 5.74) is 2.06. The van der Waals surface area contributed by atoms with E-state index >= 15 is 0 Å². The Morgan fingerprint density at radius 2 is 2.05 bits per heavy atom. The van der Waals surface area contributed by atoms with E-state index < -0.39 is 4.92 Å². The second kappa shape index (κ2) is 5.59. The Balaban J connectivity index is 2.40. The topological polar surface area (TPSA) is 79.0 Å². The molecule has 100 valence electrons. The molecular formula is C14H10ClN3O2. The molecule has 5 nitrogen and oxygen atoms in total. The second-order valence-electron chi connectivity index (χ2n) is 4.19. The molecule has 0 fully saturated rings. The first-order valence-corrected chi connectivity index (χ1v) is 6.11. The largest absolute Gasteiger partial charge is 0.355 e. The zero-order chi connectivity index (χ0) is 14.7. The summed E-state index contributed by atoms with van der Waals surface area (Å²) in [5.74, 6) is 0. The van der Waals surface area contributed by atoms with Crippen molar-refractivity contribution in [2.24, 2.45) is 0 Å². The van der Waals surface area contributed by atoms with Gasteiger partial charge in [-0.3, -0.25) is 10.1 Å². The van der Waals surface area contributed by atoms with Crippen molar-refractivity contribution < 1.29 is 4.92 Å². The lowest BCUT2D eigenvalue weighted by Gasteiger charge is -2.10. The molecule has 0 saturated heterocycles. The van der Waals surface area contributed by atoms with Crippen molar-refractivity contribution >= 4 is 28.7 Å². The summed E-state index contributed by atoms with van der Waals surface area (Å²) in [6, 6.07) is 11.5. The van der Waals surface area contributed by atoms with Crippen LogP contribution in [0.3, 0.4) is 0 Å². The molecule has 20 heavy (non-hydrogen) atoms. The second-order valence-corrected chi connectivity index (χ2v) is 4.62. The van der Waals surface area contributed by atoms with Gasteiger partial charge < -0.3 is 5.32 Å². The minimum Gasteiger partial charge on any atom is -0.355 e. The number of nitro benzene ring substituents is 1. The fourth-order valence-electron chi connectivity index (χ4n) is 1.74. The van der Waals surface area contributed by atoms with Crippen molar-refractivity contribution in [2.45, 2.75) is 6.92 Å². The Labute approximate surface area is 120 Å². The minimum atomic E-state index is -0.575. The highest BCUT2D eigenvalue weighted by molar-refractivity contribution is 6.30. The molecule has 2 aromatic rings. The number of rotatable bonds is 3. The van der Waals surface area contributed by atoms with Gasteiger partial charge in [0.05, 0.1) is 4.92 Å². The highest BCUT2D eigenvalue weighted by atomic mass is 35.5. The van der Waals surface area contributed by atoms with E-state index in [0.29, 0.717) is 10.7 Å². The monoisotopic (exact) mass is 287 g/mol. The maximum Gasteiger partial charge on any atom is 0.289 e. The quantitative estimate of drug-likeness (QED) is 0.678. The Kier molecular flexibility index (Phi) is 3.87. The van der Waals surface area contributed by atoms with Gasteiger partial charge in [-0.2, -0.15) is 5.26 Å². The molecule has 0 aliphatic heterocycles. The van der Waals surface area contributed by atoms with E-state index in [9.17, 15) is 10.1 Å². The van der Waals surface area contributed by atoms with Gasteiger partial charge in [0, 0.05) is 22.5 Å². The number of anilines is 2. The third-order valence-electron chi connectivity index (χ3n) is 2.79. The van der Waals surface area contributed by atoms with E-state index in [4.69, 9.17) is 16.9 Å². The molecule has 0 atom stereocenters. The van der Waals surface area contributed by atoms with Crippen LogP contribution in [-0.4, -0.2) is 4.92 Å². The van der Waals surface area contributed by atoms with Gasteiger partial charge in [-0.25, -0.2) is 0 Å². The number of aryl methyl sites for hydroxylation is 1. The number of nitriles is 1. The van der Waals surface area contributed by atoms with Gasteiger partial charge in [0.15, 0.2) is 0 Å². The van der Waals surface area contributed by atoms with Gasteiger partial charge in [-0.1, -0.05) is 17.7 Å². The SMILES string of the molecule is Cc1ccc(Cl)cc1Nc1ccc(C#N)c([N+](=O)[O-])c1. The van der Waals surface area contributed by atoms with E-state index in [-0.39, 0.29) is 11.3 Å². The molecule has 6 heteroatoms. The van der Waals surface area contributed by atoms with Crippen LogP contribution in [0.1, 0.15) is 11.1 Å². The first-order valence-electron chi connectivity index (χ1n) is 5.73. The summed E-state index contributed by atoms with van der Waals surface area (Å²) in [5, 5.41) is 23.4. The Morgan fingerprint density at radius 1 is 1.30 bits per heavy atom. The molecule has 0 aromatic heterocycles. The van der Waals surface area contributed by atoms with Gasteiger partial charge in [-0.05, 0) is 36.8 Å². The Hall–Kier alpha value is -2.58. The van der Waals surface area contributed by atoms with Crippen LogP contribution in [0.15, 0.2) is 36.4 Å². The van der Waals surface area contributed by atoms with Crippen molar-refractivity contribution in [1.82, 2.24) is 0 Å². The van der Waals surface area contributed by atoms with E-state index in [1.165, 1.54) is 12.1 Å². The summed E-state index contributed by atoms with van der Waals surface area (Å²) >= 11 is 5.92. The number of nitro groups is 1. The minimum absolute atomic E-state index is 0.0309. The maximum absolute atomic E-state index is 10.9. The van der Waals surface area contributed by atoms with Gasteiger partial charge >= 0.3 is 0 Å². The summed E-state index contributed by atoms with van der Waals surface area (Å²) < 4.78 is 0. The number of benzene rings is 2. The van der Waals surface area contributed by atoms with Crippen molar-refractivity contribution in [3.8, 4) is 6.07 Å². The lowest BCUT2D eigenvalue weighted by atomic mass is 10.1.